The number of amides is 1. The fraction of sp³-hybridized carbons (Fsp3) is 0.281. The third kappa shape index (κ3) is 5.39. The van der Waals surface area contributed by atoms with Crippen LogP contribution in [0.15, 0.2) is 63.8 Å². The molecule has 9 heteroatoms. The molecule has 0 saturated carbocycles. The summed E-state index contributed by atoms with van der Waals surface area (Å²) in [6, 6.07) is 14.7. The van der Waals surface area contributed by atoms with Gasteiger partial charge in [0.1, 0.15) is 17.2 Å². The lowest BCUT2D eigenvalue weighted by Gasteiger charge is -2.35. The summed E-state index contributed by atoms with van der Waals surface area (Å²) in [5.74, 6) is -1.21. The number of nitrogens with zero attached hydrogens (tertiary/aromatic N) is 2. The van der Waals surface area contributed by atoms with Crippen molar-refractivity contribution in [2.24, 2.45) is 0 Å². The predicted molar refractivity (Wildman–Crippen MR) is 157 cm³/mol. The highest BCUT2D eigenvalue weighted by Gasteiger charge is 2.23. The Morgan fingerprint density at radius 1 is 1.02 bits per heavy atom. The van der Waals surface area contributed by atoms with Gasteiger partial charge in [0, 0.05) is 55.5 Å². The molecule has 1 saturated heterocycles. The monoisotopic (exact) mass is 557 g/mol. The van der Waals surface area contributed by atoms with E-state index < -0.39 is 17.8 Å². The lowest BCUT2D eigenvalue weighted by Crippen LogP contribution is -2.48. The fourth-order valence-electron chi connectivity index (χ4n) is 5.44. The standard InChI is InChI=1S/C32H32FN3O5/c1-18-15-24(20(3)34-27-8-6-5-7-23(27)32(39)40)31-25(16-18)29(38)19(2)30(41-31)22-9-10-28(26(33)17-22)36-13-11-35(12-14-36)21(4)37/h5-10,15-17,20,34H,11-14H2,1-4H3,(H,39,40)/t20-/m1/s1. The van der Waals surface area contributed by atoms with Crippen molar-refractivity contribution in [3.63, 3.8) is 0 Å². The van der Waals surface area contributed by atoms with Crippen LogP contribution in [0.2, 0.25) is 0 Å². The molecule has 2 N–H and O–H groups in total. The number of aryl methyl sites for hydroxylation is 1. The molecule has 3 aromatic carbocycles. The molecular formula is C32H32FN3O5. The summed E-state index contributed by atoms with van der Waals surface area (Å²) in [6.45, 7) is 9.06. The van der Waals surface area contributed by atoms with E-state index >= 15 is 4.39 Å². The zero-order valence-electron chi connectivity index (χ0n) is 23.5. The second kappa shape index (κ2) is 11.1. The molecular weight excluding hydrogens is 525 g/mol. The molecule has 0 aliphatic carbocycles. The number of para-hydroxylation sites is 1. The van der Waals surface area contributed by atoms with E-state index in [1.165, 1.54) is 19.1 Å². The van der Waals surface area contributed by atoms with E-state index in [4.69, 9.17) is 4.42 Å². The molecule has 41 heavy (non-hydrogen) atoms. The van der Waals surface area contributed by atoms with Crippen LogP contribution < -0.4 is 15.6 Å². The number of nitrogens with one attached hydrogen (secondary N) is 1. The van der Waals surface area contributed by atoms with Gasteiger partial charge in [0.25, 0.3) is 0 Å². The SMILES string of the molecule is CC(=O)N1CCN(c2ccc(-c3oc4c([C@@H](C)Nc5ccccc5C(=O)O)cc(C)cc4c(=O)c3C)cc2F)CC1. The number of anilines is 2. The van der Waals surface area contributed by atoms with E-state index in [0.29, 0.717) is 65.2 Å². The molecule has 4 aromatic rings. The van der Waals surface area contributed by atoms with Crippen LogP contribution in [0.5, 0.6) is 0 Å². The summed E-state index contributed by atoms with van der Waals surface area (Å²) in [5, 5.41) is 13.3. The van der Waals surface area contributed by atoms with Gasteiger partial charge in [-0.2, -0.15) is 0 Å². The number of hydrogen-bond donors (Lipinski definition) is 2. The first-order chi connectivity index (χ1) is 19.5. The zero-order chi connectivity index (χ0) is 29.4. The van der Waals surface area contributed by atoms with Crippen molar-refractivity contribution in [1.82, 2.24) is 4.90 Å². The lowest BCUT2D eigenvalue weighted by atomic mass is 9.98. The Bertz CT molecular complexity index is 1720. The zero-order valence-corrected chi connectivity index (χ0v) is 23.5. The summed E-state index contributed by atoms with van der Waals surface area (Å²) < 4.78 is 21.8. The minimum atomic E-state index is -1.05. The first kappa shape index (κ1) is 27.9. The molecule has 1 amide bonds. The van der Waals surface area contributed by atoms with Crippen LogP contribution in [0.3, 0.4) is 0 Å². The molecule has 1 aliphatic heterocycles. The number of carbonyl (C=O) groups is 2. The van der Waals surface area contributed by atoms with Gasteiger partial charge in [0.05, 0.1) is 22.7 Å². The summed E-state index contributed by atoms with van der Waals surface area (Å²) in [4.78, 5) is 40.6. The molecule has 2 heterocycles. The summed E-state index contributed by atoms with van der Waals surface area (Å²) in [7, 11) is 0. The quantitative estimate of drug-likeness (QED) is 0.311. The maximum atomic E-state index is 15.4. The van der Waals surface area contributed by atoms with Crippen LogP contribution in [0.25, 0.3) is 22.3 Å². The molecule has 1 fully saturated rings. The topological polar surface area (TPSA) is 103 Å². The molecule has 8 nitrogen and oxygen atoms in total. The highest BCUT2D eigenvalue weighted by Crippen LogP contribution is 2.34. The number of rotatable bonds is 6. The second-order valence-corrected chi connectivity index (χ2v) is 10.5. The van der Waals surface area contributed by atoms with Gasteiger partial charge in [0.15, 0.2) is 5.43 Å². The summed E-state index contributed by atoms with van der Waals surface area (Å²) in [6.07, 6.45) is 0. The van der Waals surface area contributed by atoms with E-state index in [0.717, 1.165) is 5.56 Å². The van der Waals surface area contributed by atoms with Crippen LogP contribution in [-0.2, 0) is 4.79 Å². The van der Waals surface area contributed by atoms with E-state index in [2.05, 4.69) is 5.32 Å². The van der Waals surface area contributed by atoms with Crippen molar-refractivity contribution in [2.75, 3.05) is 36.4 Å². The summed E-state index contributed by atoms with van der Waals surface area (Å²) >= 11 is 0. The van der Waals surface area contributed by atoms with E-state index in [1.54, 1.807) is 48.2 Å². The summed E-state index contributed by atoms with van der Waals surface area (Å²) in [5.41, 5.74) is 3.50. The highest BCUT2D eigenvalue weighted by atomic mass is 19.1. The van der Waals surface area contributed by atoms with Crippen molar-refractivity contribution in [1.29, 1.82) is 0 Å². The Hall–Kier alpha value is -4.66. The minimum absolute atomic E-state index is 0.00690. The fourth-order valence-corrected chi connectivity index (χ4v) is 5.44. The van der Waals surface area contributed by atoms with E-state index in [9.17, 15) is 19.5 Å². The van der Waals surface area contributed by atoms with Gasteiger partial charge in [-0.1, -0.05) is 18.2 Å². The number of benzene rings is 3. The number of carbonyl (C=O) groups excluding carboxylic acids is 1. The van der Waals surface area contributed by atoms with Gasteiger partial charge in [-0.15, -0.1) is 0 Å². The Balaban J connectivity index is 1.54. The Labute approximate surface area is 237 Å². The number of piperazine rings is 1. The van der Waals surface area contributed by atoms with Crippen LogP contribution in [0.4, 0.5) is 15.8 Å². The molecule has 0 radical (unpaired) electrons. The lowest BCUT2D eigenvalue weighted by molar-refractivity contribution is -0.129. The number of halogens is 1. The van der Waals surface area contributed by atoms with E-state index in [-0.39, 0.29) is 22.7 Å². The van der Waals surface area contributed by atoms with Gasteiger partial charge < -0.3 is 24.6 Å². The smallest absolute Gasteiger partial charge is 0.337 e. The molecule has 1 aliphatic rings. The van der Waals surface area contributed by atoms with Gasteiger partial charge in [-0.3, -0.25) is 9.59 Å². The highest BCUT2D eigenvalue weighted by molar-refractivity contribution is 5.94. The van der Waals surface area contributed by atoms with Crippen LogP contribution in [0, 0.1) is 19.7 Å². The Kier molecular flexibility index (Phi) is 7.53. The third-order valence-corrected chi connectivity index (χ3v) is 7.66. The van der Waals surface area contributed by atoms with Crippen LogP contribution in [-0.4, -0.2) is 48.1 Å². The molecule has 1 atom stereocenters. The Morgan fingerprint density at radius 2 is 1.73 bits per heavy atom. The van der Waals surface area contributed by atoms with Crippen molar-refractivity contribution in [3.8, 4) is 11.3 Å². The van der Waals surface area contributed by atoms with Crippen molar-refractivity contribution in [2.45, 2.75) is 33.7 Å². The number of fused-ring (bicyclic) bond motifs is 1. The number of carboxylic acid groups (broad SMARTS) is 1. The van der Waals surface area contributed by atoms with E-state index in [1.807, 2.05) is 24.8 Å². The normalized spacial score (nSPS) is 14.3. The largest absolute Gasteiger partial charge is 0.478 e. The second-order valence-electron chi connectivity index (χ2n) is 10.5. The molecule has 0 unspecified atom stereocenters. The first-order valence-corrected chi connectivity index (χ1v) is 13.5. The molecule has 5 rings (SSSR count). The van der Waals surface area contributed by atoms with Gasteiger partial charge >= 0.3 is 5.97 Å². The minimum Gasteiger partial charge on any atom is -0.478 e. The maximum absolute atomic E-state index is 15.4. The average Bonchev–Trinajstić information content (AvgIpc) is 2.95. The molecule has 212 valence electrons. The van der Waals surface area contributed by atoms with Crippen molar-refractivity contribution in [3.05, 3.63) is 92.9 Å². The van der Waals surface area contributed by atoms with Gasteiger partial charge in [0.2, 0.25) is 5.91 Å². The third-order valence-electron chi connectivity index (χ3n) is 7.66. The average molecular weight is 558 g/mol. The number of aromatic carboxylic acids is 1. The molecule has 1 aromatic heterocycles. The van der Waals surface area contributed by atoms with Crippen LogP contribution >= 0.6 is 0 Å². The predicted octanol–water partition coefficient (Wildman–Crippen LogP) is 5.76. The van der Waals surface area contributed by atoms with Crippen molar-refractivity contribution < 1.29 is 23.5 Å². The molecule has 0 spiro atoms. The number of hydrogen-bond acceptors (Lipinski definition) is 6. The van der Waals surface area contributed by atoms with Crippen molar-refractivity contribution >= 4 is 34.2 Å². The molecule has 0 bridgehead atoms. The Morgan fingerprint density at radius 3 is 2.39 bits per heavy atom. The van der Waals surface area contributed by atoms with Gasteiger partial charge in [-0.05, 0) is 62.7 Å². The number of carboxylic acids is 1. The van der Waals surface area contributed by atoms with Gasteiger partial charge in [-0.25, -0.2) is 9.18 Å². The first-order valence-electron chi connectivity index (χ1n) is 13.5. The van der Waals surface area contributed by atoms with Crippen LogP contribution in [0.1, 0.15) is 46.9 Å². The maximum Gasteiger partial charge on any atom is 0.337 e.